The van der Waals surface area contributed by atoms with Crippen molar-refractivity contribution >= 4 is 22.3 Å². The van der Waals surface area contributed by atoms with E-state index in [0.29, 0.717) is 10.8 Å². The van der Waals surface area contributed by atoms with Crippen LogP contribution in [-0.2, 0) is 0 Å². The van der Waals surface area contributed by atoms with Gasteiger partial charge in [0.25, 0.3) is 0 Å². The highest BCUT2D eigenvalue weighted by atomic mass is 16.3. The maximum atomic E-state index is 12.8. The smallest absolute Gasteiger partial charge is 0.198 e. The molecule has 0 atom stereocenters. The molecule has 0 amide bonds. The third-order valence-corrected chi connectivity index (χ3v) is 4.74. The zero-order chi connectivity index (χ0) is 17.2. The Hall–Kier alpha value is -3.14. The summed E-state index contributed by atoms with van der Waals surface area (Å²) in [4.78, 5) is 25.6. The van der Waals surface area contributed by atoms with E-state index in [0.717, 1.165) is 11.1 Å². The molecule has 0 aliphatic heterocycles. The Morgan fingerprint density at radius 3 is 1.46 bits per heavy atom. The highest BCUT2D eigenvalue weighted by Crippen LogP contribution is 2.44. The summed E-state index contributed by atoms with van der Waals surface area (Å²) in [6.45, 7) is 3.76. The lowest BCUT2D eigenvalue weighted by Gasteiger charge is -2.21. The maximum absolute atomic E-state index is 12.8. The van der Waals surface area contributed by atoms with E-state index in [4.69, 9.17) is 0 Å². The fraction of sp³-hybridized carbons (Fsp3) is 0.100. The molecular weight excluding hydrogens is 304 g/mol. The minimum atomic E-state index is -0.451. The first-order valence-electron chi connectivity index (χ1n) is 7.59. The third-order valence-electron chi connectivity index (χ3n) is 4.74. The fourth-order valence-electron chi connectivity index (χ4n) is 3.30. The van der Waals surface area contributed by atoms with Crippen LogP contribution in [0.5, 0.6) is 11.5 Å². The van der Waals surface area contributed by atoms with Gasteiger partial charge in [0, 0.05) is 21.9 Å². The standard InChI is InChI=1S/C20H14O4/c1-9-7-13-14(8-10(9)2)20(24)16-15(19(13)23)17(21)11-5-3-4-6-12(11)18(16)22/h3-8,23-24H,1-2H3. The van der Waals surface area contributed by atoms with E-state index in [-0.39, 0.29) is 33.8 Å². The number of hydrogen-bond acceptors (Lipinski definition) is 4. The second-order valence-corrected chi connectivity index (χ2v) is 6.13. The number of ketones is 2. The Kier molecular flexibility index (Phi) is 2.82. The number of phenolic OH excluding ortho intramolecular Hbond substituents is 2. The summed E-state index contributed by atoms with van der Waals surface area (Å²) < 4.78 is 0. The van der Waals surface area contributed by atoms with Gasteiger partial charge in [-0.2, -0.15) is 0 Å². The second-order valence-electron chi connectivity index (χ2n) is 6.13. The molecule has 0 bridgehead atoms. The SMILES string of the molecule is Cc1cc2c(O)c3c(c(O)c2cc1C)C(=O)c1ccccc1C3=O. The molecule has 24 heavy (non-hydrogen) atoms. The molecule has 4 heteroatoms. The van der Waals surface area contributed by atoms with Gasteiger partial charge in [-0.3, -0.25) is 9.59 Å². The van der Waals surface area contributed by atoms with Gasteiger partial charge in [0.2, 0.25) is 0 Å². The molecule has 0 aromatic heterocycles. The van der Waals surface area contributed by atoms with Crippen molar-refractivity contribution in [1.29, 1.82) is 0 Å². The van der Waals surface area contributed by atoms with Gasteiger partial charge in [0.15, 0.2) is 11.6 Å². The average molecular weight is 318 g/mol. The zero-order valence-corrected chi connectivity index (χ0v) is 13.2. The zero-order valence-electron chi connectivity index (χ0n) is 13.2. The lowest BCUT2D eigenvalue weighted by atomic mass is 9.81. The summed E-state index contributed by atoms with van der Waals surface area (Å²) >= 11 is 0. The Morgan fingerprint density at radius 2 is 1.08 bits per heavy atom. The quantitative estimate of drug-likeness (QED) is 0.485. The minimum Gasteiger partial charge on any atom is -0.506 e. The second kappa shape index (κ2) is 4.68. The van der Waals surface area contributed by atoms with Crippen LogP contribution in [0.3, 0.4) is 0 Å². The first-order chi connectivity index (χ1) is 11.4. The van der Waals surface area contributed by atoms with Crippen LogP contribution in [0.1, 0.15) is 43.0 Å². The maximum Gasteiger partial charge on any atom is 0.198 e. The van der Waals surface area contributed by atoms with E-state index in [9.17, 15) is 19.8 Å². The van der Waals surface area contributed by atoms with Gasteiger partial charge in [-0.15, -0.1) is 0 Å². The number of rotatable bonds is 0. The third kappa shape index (κ3) is 1.68. The molecule has 0 unspecified atom stereocenters. The summed E-state index contributed by atoms with van der Waals surface area (Å²) in [7, 11) is 0. The highest BCUT2D eigenvalue weighted by molar-refractivity contribution is 6.32. The highest BCUT2D eigenvalue weighted by Gasteiger charge is 2.35. The van der Waals surface area contributed by atoms with Crippen LogP contribution in [0, 0.1) is 13.8 Å². The summed E-state index contributed by atoms with van der Waals surface area (Å²) in [6, 6.07) is 9.89. The van der Waals surface area contributed by atoms with Crippen molar-refractivity contribution in [3.05, 3.63) is 69.8 Å². The van der Waals surface area contributed by atoms with Crippen molar-refractivity contribution in [2.75, 3.05) is 0 Å². The van der Waals surface area contributed by atoms with Crippen LogP contribution in [0.15, 0.2) is 36.4 Å². The Bertz CT molecular complexity index is 991. The molecule has 2 N–H and O–H groups in total. The van der Waals surface area contributed by atoms with E-state index >= 15 is 0 Å². The molecule has 4 nitrogen and oxygen atoms in total. The normalized spacial score (nSPS) is 13.1. The van der Waals surface area contributed by atoms with Crippen molar-refractivity contribution in [2.45, 2.75) is 13.8 Å². The van der Waals surface area contributed by atoms with E-state index in [1.807, 2.05) is 13.8 Å². The van der Waals surface area contributed by atoms with Gasteiger partial charge in [-0.1, -0.05) is 24.3 Å². The van der Waals surface area contributed by atoms with Crippen LogP contribution >= 0.6 is 0 Å². The Labute approximate surface area is 138 Å². The van der Waals surface area contributed by atoms with Gasteiger partial charge in [-0.05, 0) is 37.1 Å². The van der Waals surface area contributed by atoms with E-state index in [1.165, 1.54) is 0 Å². The van der Waals surface area contributed by atoms with Gasteiger partial charge < -0.3 is 10.2 Å². The average Bonchev–Trinajstić information content (AvgIpc) is 2.57. The van der Waals surface area contributed by atoms with Gasteiger partial charge in [0.1, 0.15) is 11.5 Å². The minimum absolute atomic E-state index is 0.119. The first-order valence-corrected chi connectivity index (χ1v) is 7.59. The molecule has 4 rings (SSSR count). The Morgan fingerprint density at radius 1 is 0.708 bits per heavy atom. The lowest BCUT2D eigenvalue weighted by Crippen LogP contribution is -2.21. The molecule has 1 aliphatic carbocycles. The lowest BCUT2D eigenvalue weighted by molar-refractivity contribution is 0.0974. The number of benzene rings is 3. The van der Waals surface area contributed by atoms with E-state index in [1.54, 1.807) is 36.4 Å². The van der Waals surface area contributed by atoms with Crippen LogP contribution in [-0.4, -0.2) is 21.8 Å². The number of hydrogen-bond donors (Lipinski definition) is 2. The molecule has 0 fully saturated rings. The number of carbonyl (C=O) groups excluding carboxylic acids is 2. The topological polar surface area (TPSA) is 74.6 Å². The molecule has 118 valence electrons. The molecule has 0 heterocycles. The molecule has 3 aromatic carbocycles. The van der Waals surface area contributed by atoms with Crippen molar-refractivity contribution < 1.29 is 19.8 Å². The fourth-order valence-corrected chi connectivity index (χ4v) is 3.30. The molecule has 3 aromatic rings. The first kappa shape index (κ1) is 14.5. The van der Waals surface area contributed by atoms with Crippen LogP contribution in [0.2, 0.25) is 0 Å². The summed E-state index contributed by atoms with van der Waals surface area (Å²) in [5, 5.41) is 22.1. The summed E-state index contributed by atoms with van der Waals surface area (Å²) in [5.74, 6) is -1.41. The van der Waals surface area contributed by atoms with E-state index < -0.39 is 11.6 Å². The largest absolute Gasteiger partial charge is 0.506 e. The van der Waals surface area contributed by atoms with Gasteiger partial charge in [0.05, 0.1) is 11.1 Å². The number of aryl methyl sites for hydroxylation is 2. The number of phenols is 2. The predicted molar refractivity (Wildman–Crippen MR) is 90.1 cm³/mol. The van der Waals surface area contributed by atoms with Crippen molar-refractivity contribution in [3.63, 3.8) is 0 Å². The number of carbonyl (C=O) groups is 2. The number of fused-ring (bicyclic) bond motifs is 3. The van der Waals surface area contributed by atoms with Crippen LogP contribution < -0.4 is 0 Å². The molecule has 1 aliphatic rings. The Balaban J connectivity index is 2.19. The molecule has 0 spiro atoms. The van der Waals surface area contributed by atoms with Crippen molar-refractivity contribution in [2.24, 2.45) is 0 Å². The summed E-state index contributed by atoms with van der Waals surface area (Å²) in [6.07, 6.45) is 0. The van der Waals surface area contributed by atoms with E-state index in [2.05, 4.69) is 0 Å². The van der Waals surface area contributed by atoms with Crippen molar-refractivity contribution in [3.8, 4) is 11.5 Å². The molecule has 0 radical (unpaired) electrons. The van der Waals surface area contributed by atoms with Crippen molar-refractivity contribution in [1.82, 2.24) is 0 Å². The molecule has 0 saturated carbocycles. The van der Waals surface area contributed by atoms with Gasteiger partial charge in [-0.25, -0.2) is 0 Å². The molecular formula is C20H14O4. The van der Waals surface area contributed by atoms with Crippen LogP contribution in [0.4, 0.5) is 0 Å². The number of aromatic hydroxyl groups is 2. The predicted octanol–water partition coefficient (Wildman–Crippen LogP) is 3.64. The monoisotopic (exact) mass is 318 g/mol. The van der Waals surface area contributed by atoms with Crippen LogP contribution in [0.25, 0.3) is 10.8 Å². The van der Waals surface area contributed by atoms with Gasteiger partial charge >= 0.3 is 0 Å². The molecule has 0 saturated heterocycles. The summed E-state index contributed by atoms with van der Waals surface area (Å²) in [5.41, 5.74) is 2.10.